The number of anilines is 2. The van der Waals surface area contributed by atoms with Gasteiger partial charge in [0.05, 0.1) is 0 Å². The zero-order chi connectivity index (χ0) is 13.1. The number of hydrogen-bond acceptors (Lipinski definition) is 4. The molecule has 4 heteroatoms. The van der Waals surface area contributed by atoms with Gasteiger partial charge >= 0.3 is 0 Å². The Kier molecular flexibility index (Phi) is 2.98. The Morgan fingerprint density at radius 2 is 1.95 bits per heavy atom. The summed E-state index contributed by atoms with van der Waals surface area (Å²) in [5.41, 5.74) is 7.85. The van der Waals surface area contributed by atoms with Crippen molar-refractivity contribution in [2.24, 2.45) is 0 Å². The molecule has 0 unspecified atom stereocenters. The molecule has 0 aliphatic carbocycles. The van der Waals surface area contributed by atoms with Crippen molar-refractivity contribution in [1.82, 2.24) is 9.97 Å². The predicted octanol–water partition coefficient (Wildman–Crippen LogP) is 2.82. The Bertz CT molecular complexity index is 695. The van der Waals surface area contributed by atoms with E-state index >= 15 is 0 Å². The molecule has 0 atom stereocenters. The van der Waals surface area contributed by atoms with E-state index in [1.54, 1.807) is 12.4 Å². The summed E-state index contributed by atoms with van der Waals surface area (Å²) in [4.78, 5) is 8.47. The first-order chi connectivity index (χ1) is 9.34. The van der Waals surface area contributed by atoms with Crippen LogP contribution < -0.4 is 11.1 Å². The predicted molar refractivity (Wildman–Crippen MR) is 77.7 cm³/mol. The zero-order valence-corrected chi connectivity index (χ0v) is 10.4. The monoisotopic (exact) mass is 250 g/mol. The SMILES string of the molecule is Nc1cccc2c(NCc3cccnc3)nccc12. The molecule has 2 heterocycles. The number of fused-ring (bicyclic) bond motifs is 1. The van der Waals surface area contributed by atoms with E-state index in [2.05, 4.69) is 15.3 Å². The van der Waals surface area contributed by atoms with E-state index in [4.69, 9.17) is 5.73 Å². The van der Waals surface area contributed by atoms with Crippen molar-refractivity contribution in [2.75, 3.05) is 11.1 Å². The summed E-state index contributed by atoms with van der Waals surface area (Å²) in [6.45, 7) is 0.689. The summed E-state index contributed by atoms with van der Waals surface area (Å²) in [6.07, 6.45) is 5.37. The molecule has 0 saturated carbocycles. The Morgan fingerprint density at radius 1 is 1.00 bits per heavy atom. The van der Waals surface area contributed by atoms with Crippen molar-refractivity contribution in [3.05, 3.63) is 60.6 Å². The average molecular weight is 250 g/mol. The first kappa shape index (κ1) is 11.5. The summed E-state index contributed by atoms with van der Waals surface area (Å²) in [5, 5.41) is 5.38. The van der Waals surface area contributed by atoms with Gasteiger partial charge in [-0.3, -0.25) is 4.98 Å². The van der Waals surface area contributed by atoms with Gasteiger partial charge in [0.2, 0.25) is 0 Å². The van der Waals surface area contributed by atoms with E-state index in [1.807, 2.05) is 42.6 Å². The topological polar surface area (TPSA) is 63.8 Å². The van der Waals surface area contributed by atoms with E-state index in [9.17, 15) is 0 Å². The molecule has 2 aromatic heterocycles. The average Bonchev–Trinajstić information content (AvgIpc) is 2.47. The van der Waals surface area contributed by atoms with Crippen LogP contribution in [0.3, 0.4) is 0 Å². The van der Waals surface area contributed by atoms with Crippen LogP contribution in [0.1, 0.15) is 5.56 Å². The third-order valence-electron chi connectivity index (χ3n) is 3.02. The minimum Gasteiger partial charge on any atom is -0.398 e. The van der Waals surface area contributed by atoms with Crippen LogP contribution in [0.4, 0.5) is 11.5 Å². The van der Waals surface area contributed by atoms with Crippen molar-refractivity contribution in [2.45, 2.75) is 6.54 Å². The fourth-order valence-electron chi connectivity index (χ4n) is 2.06. The van der Waals surface area contributed by atoms with Crippen molar-refractivity contribution in [3.63, 3.8) is 0 Å². The lowest BCUT2D eigenvalue weighted by Gasteiger charge is -2.09. The number of nitrogen functional groups attached to an aromatic ring is 1. The minimum atomic E-state index is 0.689. The van der Waals surface area contributed by atoms with Crippen molar-refractivity contribution < 1.29 is 0 Å². The highest BCUT2D eigenvalue weighted by Crippen LogP contribution is 2.25. The maximum atomic E-state index is 5.97. The van der Waals surface area contributed by atoms with Gasteiger partial charge in [-0.2, -0.15) is 0 Å². The molecule has 1 aromatic carbocycles. The van der Waals surface area contributed by atoms with Gasteiger partial charge < -0.3 is 11.1 Å². The molecule has 0 bridgehead atoms. The third-order valence-corrected chi connectivity index (χ3v) is 3.02. The van der Waals surface area contributed by atoms with E-state index in [0.717, 1.165) is 27.8 Å². The molecular formula is C15H14N4. The van der Waals surface area contributed by atoms with Gasteiger partial charge in [0.1, 0.15) is 5.82 Å². The van der Waals surface area contributed by atoms with E-state index in [-0.39, 0.29) is 0 Å². The van der Waals surface area contributed by atoms with Crippen LogP contribution >= 0.6 is 0 Å². The standard InChI is InChI=1S/C15H14N4/c16-14-5-1-4-13-12(14)6-8-18-15(13)19-10-11-3-2-7-17-9-11/h1-9H,10,16H2,(H,18,19). The molecule has 0 amide bonds. The highest BCUT2D eigenvalue weighted by atomic mass is 15.0. The van der Waals surface area contributed by atoms with Gasteiger partial charge in [-0.15, -0.1) is 0 Å². The highest BCUT2D eigenvalue weighted by Gasteiger charge is 2.03. The number of pyridine rings is 2. The highest BCUT2D eigenvalue weighted by molar-refractivity contribution is 5.99. The molecule has 0 aliphatic heterocycles. The molecule has 3 N–H and O–H groups in total. The summed E-state index contributed by atoms with van der Waals surface area (Å²) in [7, 11) is 0. The van der Waals surface area contributed by atoms with Gasteiger partial charge in [-0.05, 0) is 23.8 Å². The second-order valence-corrected chi connectivity index (χ2v) is 4.32. The molecule has 94 valence electrons. The Labute approximate surface area is 111 Å². The normalized spacial score (nSPS) is 10.5. The van der Waals surface area contributed by atoms with Crippen molar-refractivity contribution >= 4 is 22.3 Å². The lowest BCUT2D eigenvalue weighted by molar-refractivity contribution is 1.09. The molecule has 0 aliphatic rings. The number of nitrogens with two attached hydrogens (primary N) is 1. The number of rotatable bonds is 3. The Balaban J connectivity index is 1.91. The molecule has 19 heavy (non-hydrogen) atoms. The second kappa shape index (κ2) is 4.94. The van der Waals surface area contributed by atoms with Gasteiger partial charge in [0, 0.05) is 41.6 Å². The summed E-state index contributed by atoms with van der Waals surface area (Å²) < 4.78 is 0. The molecule has 0 radical (unpaired) electrons. The van der Waals surface area contributed by atoms with E-state index in [1.165, 1.54) is 0 Å². The maximum absolute atomic E-state index is 5.97. The molecule has 0 fully saturated rings. The quantitative estimate of drug-likeness (QED) is 0.702. The van der Waals surface area contributed by atoms with E-state index in [0.29, 0.717) is 6.54 Å². The summed E-state index contributed by atoms with van der Waals surface area (Å²) in [5.74, 6) is 0.841. The summed E-state index contributed by atoms with van der Waals surface area (Å²) in [6, 6.07) is 11.7. The molecule has 4 nitrogen and oxygen atoms in total. The lowest BCUT2D eigenvalue weighted by Crippen LogP contribution is -2.02. The van der Waals surface area contributed by atoms with Crippen LogP contribution in [0.2, 0.25) is 0 Å². The molecule has 3 rings (SSSR count). The smallest absolute Gasteiger partial charge is 0.134 e. The fourth-order valence-corrected chi connectivity index (χ4v) is 2.06. The van der Waals surface area contributed by atoms with Gasteiger partial charge in [-0.25, -0.2) is 4.98 Å². The van der Waals surface area contributed by atoms with Crippen LogP contribution in [0, 0.1) is 0 Å². The number of nitrogens with zero attached hydrogens (tertiary/aromatic N) is 2. The molecule has 3 aromatic rings. The minimum absolute atomic E-state index is 0.689. The van der Waals surface area contributed by atoms with Gasteiger partial charge in [-0.1, -0.05) is 18.2 Å². The van der Waals surface area contributed by atoms with E-state index < -0.39 is 0 Å². The molecule has 0 spiro atoms. The fraction of sp³-hybridized carbons (Fsp3) is 0.0667. The van der Waals surface area contributed by atoms with Crippen molar-refractivity contribution in [1.29, 1.82) is 0 Å². The van der Waals surface area contributed by atoms with Crippen LogP contribution in [0.25, 0.3) is 10.8 Å². The van der Waals surface area contributed by atoms with Crippen molar-refractivity contribution in [3.8, 4) is 0 Å². The van der Waals surface area contributed by atoms with Crippen LogP contribution in [0.5, 0.6) is 0 Å². The first-order valence-electron chi connectivity index (χ1n) is 6.10. The van der Waals surface area contributed by atoms with Crippen LogP contribution in [-0.2, 0) is 6.54 Å². The van der Waals surface area contributed by atoms with Gasteiger partial charge in [0.25, 0.3) is 0 Å². The summed E-state index contributed by atoms with van der Waals surface area (Å²) >= 11 is 0. The Morgan fingerprint density at radius 3 is 2.79 bits per heavy atom. The van der Waals surface area contributed by atoms with Crippen LogP contribution in [-0.4, -0.2) is 9.97 Å². The third kappa shape index (κ3) is 2.33. The number of nitrogens with one attached hydrogen (secondary N) is 1. The second-order valence-electron chi connectivity index (χ2n) is 4.32. The molecule has 0 saturated heterocycles. The Hall–Kier alpha value is -2.62. The van der Waals surface area contributed by atoms with Crippen LogP contribution in [0.15, 0.2) is 55.0 Å². The number of benzene rings is 1. The molecular weight excluding hydrogens is 236 g/mol. The van der Waals surface area contributed by atoms with Gasteiger partial charge in [0.15, 0.2) is 0 Å². The maximum Gasteiger partial charge on any atom is 0.134 e. The zero-order valence-electron chi connectivity index (χ0n) is 10.4. The number of hydrogen-bond donors (Lipinski definition) is 2. The largest absolute Gasteiger partial charge is 0.398 e. The lowest BCUT2D eigenvalue weighted by atomic mass is 10.1. The first-order valence-corrected chi connectivity index (χ1v) is 6.10. The number of aromatic nitrogens is 2.